The first kappa shape index (κ1) is 22.3. The van der Waals surface area contributed by atoms with Crippen LogP contribution in [0.4, 0.5) is 0 Å². The third kappa shape index (κ3) is 8.09. The molecule has 0 fully saturated rings. The zero-order valence-corrected chi connectivity index (χ0v) is 15.8. The molecular weight excluding hydrogens is 390 g/mol. The number of carbonyl (C=O) groups excluding carboxylic acids is 1. The summed E-state index contributed by atoms with van der Waals surface area (Å²) in [6.45, 7) is -0.301. The zero-order valence-electron chi connectivity index (χ0n) is 14.2. The van der Waals surface area contributed by atoms with Gasteiger partial charge in [0, 0.05) is 18.4 Å². The average molecular weight is 411 g/mol. The molecule has 2 atom stereocenters. The largest absolute Gasteiger partial charge is 0.480 e. The summed E-state index contributed by atoms with van der Waals surface area (Å²) in [6.07, 6.45) is 3.37. The summed E-state index contributed by atoms with van der Waals surface area (Å²) < 4.78 is 34.9. The molecule has 1 aromatic heterocycles. The normalized spacial score (nSPS) is 14.0. The van der Waals surface area contributed by atoms with Crippen LogP contribution in [0.15, 0.2) is 6.20 Å². The van der Waals surface area contributed by atoms with E-state index < -0.39 is 34.4 Å². The predicted molar refractivity (Wildman–Crippen MR) is 92.0 cm³/mol. The summed E-state index contributed by atoms with van der Waals surface area (Å²) in [5, 5.41) is 21.9. The number of hydrogen-bond donors (Lipinski definition) is 4. The van der Waals surface area contributed by atoms with Crippen molar-refractivity contribution in [3.8, 4) is 0 Å². The van der Waals surface area contributed by atoms with E-state index in [0.717, 1.165) is 0 Å². The highest BCUT2D eigenvalue weighted by Gasteiger charge is 2.25. The molecular formula is C12H21N5O7S2. The number of carbonyl (C=O) groups is 2. The number of carboxylic acids is 1. The zero-order chi connectivity index (χ0) is 19.7. The number of hydrogen-bond acceptors (Lipinski definition) is 9. The first-order chi connectivity index (χ1) is 12.2. The van der Waals surface area contributed by atoms with Crippen molar-refractivity contribution in [2.45, 2.75) is 25.0 Å². The van der Waals surface area contributed by atoms with Crippen LogP contribution in [0.2, 0.25) is 0 Å². The van der Waals surface area contributed by atoms with E-state index in [4.69, 9.17) is 9.66 Å². The molecule has 4 N–H and O–H groups in total. The average Bonchev–Trinajstić information content (AvgIpc) is 2.98. The Labute approximate surface area is 154 Å². The molecule has 1 rings (SSSR count). The number of nitrogens with one attached hydrogen (secondary N) is 2. The van der Waals surface area contributed by atoms with Crippen molar-refractivity contribution in [3.63, 3.8) is 0 Å². The second-order valence-electron chi connectivity index (χ2n) is 5.12. The molecule has 0 saturated carbocycles. The van der Waals surface area contributed by atoms with E-state index in [1.807, 2.05) is 0 Å². The second-order valence-corrected chi connectivity index (χ2v) is 7.12. The van der Waals surface area contributed by atoms with Crippen molar-refractivity contribution in [2.24, 2.45) is 0 Å². The number of aliphatic carboxylic acids is 1. The highest BCUT2D eigenvalue weighted by molar-refractivity contribution is 7.98. The van der Waals surface area contributed by atoms with Crippen molar-refractivity contribution >= 4 is 34.0 Å². The highest BCUT2D eigenvalue weighted by atomic mass is 32.3. The Bertz CT molecular complexity index is 709. The fourth-order valence-electron chi connectivity index (χ4n) is 1.93. The lowest BCUT2D eigenvalue weighted by molar-refractivity contribution is -0.141. The molecule has 12 nitrogen and oxygen atoms in total. The maximum atomic E-state index is 12.2. The van der Waals surface area contributed by atoms with Crippen LogP contribution in [-0.2, 0) is 37.1 Å². The number of amides is 1. The quantitative estimate of drug-likeness (QED) is 0.285. The van der Waals surface area contributed by atoms with Crippen molar-refractivity contribution < 1.29 is 31.8 Å². The smallest absolute Gasteiger partial charge is 0.397 e. The Morgan fingerprint density at radius 2 is 2.12 bits per heavy atom. The molecule has 0 aliphatic rings. The minimum Gasteiger partial charge on any atom is -0.480 e. The summed E-state index contributed by atoms with van der Waals surface area (Å²) in [7, 11) is -2.96. The molecule has 0 aliphatic heterocycles. The van der Waals surface area contributed by atoms with Gasteiger partial charge in [-0.2, -0.15) is 20.2 Å². The fourth-order valence-corrected chi connectivity index (χ4v) is 2.77. The molecule has 148 valence electrons. The number of rotatable bonds is 12. The van der Waals surface area contributed by atoms with Gasteiger partial charge in [-0.1, -0.05) is 5.21 Å². The van der Waals surface area contributed by atoms with Gasteiger partial charge in [0.05, 0.1) is 24.9 Å². The Balaban J connectivity index is 2.61. The standard InChI is InChI=1S/C12H21N5O7S2/c1-13-9(11(18)14-10(7-25-2)12(19)20)5-8-6-17(16-15-8)3-4-24-26(21,22)23/h6,9-10,13H,3-5,7H2,1-2H3,(H,14,18)(H,19,20)(H,21,22,23)/t9-,10+/m0/s1. The van der Waals surface area contributed by atoms with Crippen LogP contribution >= 0.6 is 11.8 Å². The predicted octanol–water partition coefficient (Wildman–Crippen LogP) is -1.84. The van der Waals surface area contributed by atoms with E-state index in [2.05, 4.69) is 25.1 Å². The SMILES string of the molecule is CN[C@@H](Cc1cn(CCOS(=O)(=O)O)nn1)C(=O)N[C@H](CSC)C(=O)O. The molecule has 14 heteroatoms. The highest BCUT2D eigenvalue weighted by Crippen LogP contribution is 2.03. The summed E-state index contributed by atoms with van der Waals surface area (Å²) >= 11 is 1.30. The number of aromatic nitrogens is 3. The van der Waals surface area contributed by atoms with Crippen LogP contribution in [-0.4, -0.2) is 82.7 Å². The third-order valence-electron chi connectivity index (χ3n) is 3.16. The second kappa shape index (κ2) is 10.4. The van der Waals surface area contributed by atoms with Crippen molar-refractivity contribution in [3.05, 3.63) is 11.9 Å². The first-order valence-electron chi connectivity index (χ1n) is 7.36. The third-order valence-corrected chi connectivity index (χ3v) is 4.30. The molecule has 1 aromatic rings. The van der Waals surface area contributed by atoms with Gasteiger partial charge in [0.25, 0.3) is 0 Å². The maximum Gasteiger partial charge on any atom is 0.397 e. The summed E-state index contributed by atoms with van der Waals surface area (Å²) in [5.74, 6) is -1.37. The van der Waals surface area contributed by atoms with Gasteiger partial charge in [0.15, 0.2) is 0 Å². The van der Waals surface area contributed by atoms with Crippen LogP contribution in [0.25, 0.3) is 0 Å². The van der Waals surface area contributed by atoms with Gasteiger partial charge in [0.1, 0.15) is 6.04 Å². The Kier molecular flexibility index (Phi) is 8.94. The molecule has 1 amide bonds. The molecule has 0 unspecified atom stereocenters. The Morgan fingerprint density at radius 1 is 1.42 bits per heavy atom. The topological polar surface area (TPSA) is 173 Å². The number of nitrogens with zero attached hydrogens (tertiary/aromatic N) is 3. The summed E-state index contributed by atoms with van der Waals surface area (Å²) in [6, 6.07) is -1.72. The Morgan fingerprint density at radius 3 is 2.65 bits per heavy atom. The number of carboxylic acid groups (broad SMARTS) is 1. The van der Waals surface area contributed by atoms with Crippen molar-refractivity contribution in [2.75, 3.05) is 25.7 Å². The van der Waals surface area contributed by atoms with E-state index in [1.54, 1.807) is 13.3 Å². The fraction of sp³-hybridized carbons (Fsp3) is 0.667. The van der Waals surface area contributed by atoms with Gasteiger partial charge in [0.2, 0.25) is 5.91 Å². The van der Waals surface area contributed by atoms with Gasteiger partial charge in [-0.05, 0) is 13.3 Å². The lowest BCUT2D eigenvalue weighted by Gasteiger charge is -2.18. The number of likely N-dealkylation sites (N-methyl/N-ethyl adjacent to an activating group) is 1. The van der Waals surface area contributed by atoms with Crippen LogP contribution in [0.5, 0.6) is 0 Å². The summed E-state index contributed by atoms with van der Waals surface area (Å²) in [5.41, 5.74) is 0.433. The van der Waals surface area contributed by atoms with Crippen LogP contribution < -0.4 is 10.6 Å². The van der Waals surface area contributed by atoms with Gasteiger partial charge in [-0.25, -0.2) is 13.7 Å². The van der Waals surface area contributed by atoms with Gasteiger partial charge < -0.3 is 15.7 Å². The van der Waals surface area contributed by atoms with Gasteiger partial charge in [-0.3, -0.25) is 9.35 Å². The molecule has 0 saturated heterocycles. The van der Waals surface area contributed by atoms with Crippen molar-refractivity contribution in [1.29, 1.82) is 0 Å². The molecule has 0 aromatic carbocycles. The van der Waals surface area contributed by atoms with Crippen LogP contribution in [0.1, 0.15) is 5.69 Å². The Hall–Kier alpha value is -1.74. The van der Waals surface area contributed by atoms with Crippen molar-refractivity contribution in [1.82, 2.24) is 25.6 Å². The molecule has 1 heterocycles. The first-order valence-corrected chi connectivity index (χ1v) is 10.1. The van der Waals surface area contributed by atoms with Crippen LogP contribution in [0, 0.1) is 0 Å². The lowest BCUT2D eigenvalue weighted by atomic mass is 10.1. The minimum absolute atomic E-state index is 0.0258. The molecule has 0 aliphatic carbocycles. The lowest BCUT2D eigenvalue weighted by Crippen LogP contribution is -2.51. The monoisotopic (exact) mass is 411 g/mol. The summed E-state index contributed by atoms with van der Waals surface area (Å²) in [4.78, 5) is 23.4. The molecule has 0 bridgehead atoms. The number of thioether (sulfide) groups is 1. The van der Waals surface area contributed by atoms with E-state index in [9.17, 15) is 18.0 Å². The maximum absolute atomic E-state index is 12.2. The van der Waals surface area contributed by atoms with Crippen LogP contribution in [0.3, 0.4) is 0 Å². The molecule has 26 heavy (non-hydrogen) atoms. The van der Waals surface area contributed by atoms with E-state index >= 15 is 0 Å². The van der Waals surface area contributed by atoms with E-state index in [1.165, 1.54) is 22.6 Å². The van der Waals surface area contributed by atoms with Gasteiger partial charge in [-0.15, -0.1) is 5.10 Å². The van der Waals surface area contributed by atoms with E-state index in [0.29, 0.717) is 5.69 Å². The van der Waals surface area contributed by atoms with Gasteiger partial charge >= 0.3 is 16.4 Å². The molecule has 0 spiro atoms. The molecule has 0 radical (unpaired) electrons. The minimum atomic E-state index is -4.52. The van der Waals surface area contributed by atoms with E-state index in [-0.39, 0.29) is 25.3 Å².